The summed E-state index contributed by atoms with van der Waals surface area (Å²) in [7, 11) is 0. The van der Waals surface area contributed by atoms with Crippen molar-refractivity contribution in [3.63, 3.8) is 0 Å². The largest absolute Gasteiger partial charge is 0.388 e. The zero-order valence-corrected chi connectivity index (χ0v) is 13.0. The van der Waals surface area contributed by atoms with Crippen molar-refractivity contribution in [1.29, 1.82) is 0 Å². The van der Waals surface area contributed by atoms with Crippen LogP contribution in [0.4, 0.5) is 11.8 Å². The molecule has 0 amide bonds. The Morgan fingerprint density at radius 2 is 2.00 bits per heavy atom. The van der Waals surface area contributed by atoms with E-state index in [0.29, 0.717) is 6.54 Å². The van der Waals surface area contributed by atoms with Gasteiger partial charge in [0.2, 0.25) is 5.95 Å². The van der Waals surface area contributed by atoms with Crippen LogP contribution in [-0.4, -0.2) is 60.1 Å². The lowest BCUT2D eigenvalue weighted by Gasteiger charge is -2.28. The van der Waals surface area contributed by atoms with Crippen molar-refractivity contribution in [3.05, 3.63) is 11.8 Å². The molecular formula is C15H24N4O2. The smallest absolute Gasteiger partial charge is 0.227 e. The van der Waals surface area contributed by atoms with Crippen LogP contribution in [0.15, 0.2) is 6.07 Å². The van der Waals surface area contributed by atoms with Crippen molar-refractivity contribution in [2.75, 3.05) is 49.2 Å². The lowest BCUT2D eigenvalue weighted by atomic mass is 9.95. The fourth-order valence-corrected chi connectivity index (χ4v) is 2.91. The Bertz CT molecular complexity index is 514. The second-order valence-electron chi connectivity index (χ2n) is 6.41. The Hall–Kier alpha value is -1.40. The van der Waals surface area contributed by atoms with Crippen LogP contribution in [0.2, 0.25) is 0 Å². The van der Waals surface area contributed by atoms with Crippen molar-refractivity contribution in [1.82, 2.24) is 9.97 Å². The van der Waals surface area contributed by atoms with E-state index in [-0.39, 0.29) is 5.92 Å². The number of morpholine rings is 1. The third-order valence-corrected chi connectivity index (χ3v) is 4.51. The predicted molar refractivity (Wildman–Crippen MR) is 81.8 cm³/mol. The number of aliphatic hydroxyl groups is 1. The van der Waals surface area contributed by atoms with E-state index in [4.69, 9.17) is 9.72 Å². The van der Waals surface area contributed by atoms with Crippen molar-refractivity contribution in [2.24, 2.45) is 5.92 Å². The summed E-state index contributed by atoms with van der Waals surface area (Å²) in [5.41, 5.74) is 0.304. The minimum Gasteiger partial charge on any atom is -0.388 e. The molecule has 2 saturated heterocycles. The third kappa shape index (κ3) is 2.96. The van der Waals surface area contributed by atoms with Crippen LogP contribution in [0.1, 0.15) is 19.5 Å². The van der Waals surface area contributed by atoms with Gasteiger partial charge in [0.15, 0.2) is 0 Å². The summed E-state index contributed by atoms with van der Waals surface area (Å²) in [6, 6.07) is 2.00. The number of aryl methyl sites for hydroxylation is 1. The average molecular weight is 292 g/mol. The fourth-order valence-electron chi connectivity index (χ4n) is 2.91. The van der Waals surface area contributed by atoms with E-state index in [1.165, 1.54) is 0 Å². The van der Waals surface area contributed by atoms with Gasteiger partial charge in [-0.3, -0.25) is 0 Å². The quantitative estimate of drug-likeness (QED) is 0.871. The predicted octanol–water partition coefficient (Wildman–Crippen LogP) is 0.829. The zero-order chi connectivity index (χ0) is 15.0. The monoisotopic (exact) mass is 292 g/mol. The number of β-amino-alcohol motifs (C(OH)–C–C–N with tert-alkyl or cyclic N) is 1. The molecule has 0 unspecified atom stereocenters. The van der Waals surface area contributed by atoms with E-state index >= 15 is 0 Å². The van der Waals surface area contributed by atoms with Gasteiger partial charge < -0.3 is 19.6 Å². The molecule has 2 atom stereocenters. The number of anilines is 2. The first-order valence-electron chi connectivity index (χ1n) is 7.61. The highest BCUT2D eigenvalue weighted by Gasteiger charge is 2.39. The second-order valence-corrected chi connectivity index (χ2v) is 6.41. The molecule has 0 saturated carbocycles. The van der Waals surface area contributed by atoms with Crippen LogP contribution in [0.3, 0.4) is 0 Å². The summed E-state index contributed by atoms with van der Waals surface area (Å²) >= 11 is 0. The molecule has 116 valence electrons. The maximum absolute atomic E-state index is 10.4. The van der Waals surface area contributed by atoms with Crippen LogP contribution in [0.5, 0.6) is 0 Å². The van der Waals surface area contributed by atoms with Gasteiger partial charge in [-0.1, -0.05) is 6.92 Å². The van der Waals surface area contributed by atoms with Gasteiger partial charge in [0.05, 0.1) is 18.8 Å². The highest BCUT2D eigenvalue weighted by atomic mass is 16.5. The summed E-state index contributed by atoms with van der Waals surface area (Å²) in [5, 5.41) is 10.4. The Kier molecular flexibility index (Phi) is 3.75. The van der Waals surface area contributed by atoms with Crippen molar-refractivity contribution in [2.45, 2.75) is 26.4 Å². The lowest BCUT2D eigenvalue weighted by Crippen LogP contribution is -2.38. The van der Waals surface area contributed by atoms with Gasteiger partial charge in [-0.05, 0) is 13.8 Å². The number of ether oxygens (including phenoxy) is 1. The minimum absolute atomic E-state index is 0.236. The van der Waals surface area contributed by atoms with Crippen LogP contribution < -0.4 is 9.80 Å². The number of hydrogen-bond donors (Lipinski definition) is 1. The van der Waals surface area contributed by atoms with Gasteiger partial charge in [0.25, 0.3) is 0 Å². The molecule has 0 aliphatic carbocycles. The molecule has 2 aliphatic rings. The Labute approximate surface area is 125 Å². The van der Waals surface area contributed by atoms with Gasteiger partial charge in [-0.25, -0.2) is 4.98 Å². The molecule has 0 spiro atoms. The SMILES string of the molecule is Cc1cc(N2C[C@@H](C)[C@@](C)(O)C2)nc(N2CCOCC2)n1. The second kappa shape index (κ2) is 5.42. The minimum atomic E-state index is -0.655. The van der Waals surface area contributed by atoms with Crippen molar-refractivity contribution < 1.29 is 9.84 Å². The molecule has 6 nitrogen and oxygen atoms in total. The molecular weight excluding hydrogens is 268 g/mol. The topological polar surface area (TPSA) is 61.7 Å². The molecule has 3 heterocycles. The van der Waals surface area contributed by atoms with E-state index < -0.39 is 5.60 Å². The van der Waals surface area contributed by atoms with Gasteiger partial charge >= 0.3 is 0 Å². The molecule has 0 bridgehead atoms. The van der Waals surface area contributed by atoms with Crippen molar-refractivity contribution >= 4 is 11.8 Å². The van der Waals surface area contributed by atoms with Gasteiger partial charge in [0, 0.05) is 43.9 Å². The molecule has 3 rings (SSSR count). The van der Waals surface area contributed by atoms with Crippen LogP contribution >= 0.6 is 0 Å². The Morgan fingerprint density at radius 3 is 2.62 bits per heavy atom. The van der Waals surface area contributed by atoms with E-state index in [0.717, 1.165) is 50.3 Å². The highest BCUT2D eigenvalue weighted by molar-refractivity contribution is 5.47. The van der Waals surface area contributed by atoms with Crippen LogP contribution in [0.25, 0.3) is 0 Å². The zero-order valence-electron chi connectivity index (χ0n) is 13.0. The van der Waals surface area contributed by atoms with Crippen molar-refractivity contribution in [3.8, 4) is 0 Å². The summed E-state index contributed by atoms with van der Waals surface area (Å²) in [6.07, 6.45) is 0. The molecule has 21 heavy (non-hydrogen) atoms. The third-order valence-electron chi connectivity index (χ3n) is 4.51. The summed E-state index contributed by atoms with van der Waals surface area (Å²) in [6.45, 7) is 10.5. The average Bonchev–Trinajstić information content (AvgIpc) is 2.73. The molecule has 2 aliphatic heterocycles. The normalized spacial score (nSPS) is 30.0. The van der Waals surface area contributed by atoms with E-state index in [1.54, 1.807) is 0 Å². The van der Waals surface area contributed by atoms with E-state index in [2.05, 4.69) is 21.7 Å². The molecule has 0 radical (unpaired) electrons. The number of rotatable bonds is 2. The summed E-state index contributed by atoms with van der Waals surface area (Å²) in [5.74, 6) is 1.92. The maximum Gasteiger partial charge on any atom is 0.227 e. The first-order chi connectivity index (χ1) is 9.95. The summed E-state index contributed by atoms with van der Waals surface area (Å²) < 4.78 is 5.38. The number of nitrogens with zero attached hydrogens (tertiary/aromatic N) is 4. The highest BCUT2D eigenvalue weighted by Crippen LogP contribution is 2.30. The molecule has 0 aromatic carbocycles. The summed E-state index contributed by atoms with van der Waals surface area (Å²) in [4.78, 5) is 13.6. The Morgan fingerprint density at radius 1 is 1.29 bits per heavy atom. The van der Waals surface area contributed by atoms with E-state index in [1.807, 2.05) is 19.9 Å². The Balaban J connectivity index is 1.84. The standard InChI is InChI=1S/C15H24N4O2/c1-11-9-19(10-15(11,3)20)13-8-12(2)16-14(17-13)18-4-6-21-7-5-18/h8,11,20H,4-7,9-10H2,1-3H3/t11-,15+/m1/s1. The van der Waals surface area contributed by atoms with Gasteiger partial charge in [-0.2, -0.15) is 4.98 Å². The number of hydrogen-bond acceptors (Lipinski definition) is 6. The molecule has 2 fully saturated rings. The first-order valence-corrected chi connectivity index (χ1v) is 7.61. The fraction of sp³-hybridized carbons (Fsp3) is 0.733. The van der Waals surface area contributed by atoms with Gasteiger partial charge in [-0.15, -0.1) is 0 Å². The van der Waals surface area contributed by atoms with Crippen LogP contribution in [-0.2, 0) is 4.74 Å². The molecule has 6 heteroatoms. The first kappa shape index (κ1) is 14.5. The molecule has 1 aromatic rings. The molecule has 1 aromatic heterocycles. The van der Waals surface area contributed by atoms with Crippen LogP contribution in [0, 0.1) is 12.8 Å². The number of aromatic nitrogens is 2. The lowest BCUT2D eigenvalue weighted by molar-refractivity contribution is 0.0443. The molecule has 1 N–H and O–H groups in total. The maximum atomic E-state index is 10.4. The van der Waals surface area contributed by atoms with E-state index in [9.17, 15) is 5.11 Å². The van der Waals surface area contributed by atoms with Gasteiger partial charge in [0.1, 0.15) is 5.82 Å².